The maximum Gasteiger partial charge on any atom is 0.305 e. The zero-order valence-corrected chi connectivity index (χ0v) is 10.5. The SMILES string of the molecule is NC(CC(=O)O)C(=O)NCCc1ccc(Cl)cc1. The maximum atomic E-state index is 11.4. The van der Waals surface area contributed by atoms with Crippen LogP contribution in [0.5, 0.6) is 0 Å². The minimum atomic E-state index is -1.09. The third-order valence-corrected chi connectivity index (χ3v) is 2.61. The van der Waals surface area contributed by atoms with Crippen molar-refractivity contribution in [2.45, 2.75) is 18.9 Å². The fourth-order valence-electron chi connectivity index (χ4n) is 1.39. The Morgan fingerprint density at radius 1 is 1.33 bits per heavy atom. The average molecular weight is 271 g/mol. The molecule has 0 radical (unpaired) electrons. The molecule has 0 heterocycles. The molecule has 0 spiro atoms. The summed E-state index contributed by atoms with van der Waals surface area (Å²) in [4.78, 5) is 21.8. The lowest BCUT2D eigenvalue weighted by Gasteiger charge is -2.10. The molecule has 6 heteroatoms. The quantitative estimate of drug-likeness (QED) is 0.713. The number of carboxylic acids is 1. The summed E-state index contributed by atoms with van der Waals surface area (Å²) in [6.07, 6.45) is 0.273. The van der Waals surface area contributed by atoms with E-state index in [2.05, 4.69) is 5.32 Å². The van der Waals surface area contributed by atoms with Gasteiger partial charge in [-0.3, -0.25) is 9.59 Å². The Morgan fingerprint density at radius 2 is 1.94 bits per heavy atom. The van der Waals surface area contributed by atoms with Crippen LogP contribution in [0.15, 0.2) is 24.3 Å². The van der Waals surface area contributed by atoms with E-state index in [1.165, 1.54) is 0 Å². The van der Waals surface area contributed by atoms with Gasteiger partial charge in [-0.25, -0.2) is 0 Å². The minimum Gasteiger partial charge on any atom is -0.481 e. The fraction of sp³-hybridized carbons (Fsp3) is 0.333. The molecule has 1 amide bonds. The molecule has 18 heavy (non-hydrogen) atoms. The molecule has 1 aromatic rings. The van der Waals surface area contributed by atoms with Crippen molar-refractivity contribution in [3.8, 4) is 0 Å². The van der Waals surface area contributed by atoms with Crippen LogP contribution in [-0.4, -0.2) is 29.6 Å². The number of nitrogens with two attached hydrogens (primary N) is 1. The number of hydrogen-bond acceptors (Lipinski definition) is 3. The second-order valence-electron chi connectivity index (χ2n) is 3.87. The highest BCUT2D eigenvalue weighted by atomic mass is 35.5. The molecule has 0 saturated heterocycles. The van der Waals surface area contributed by atoms with E-state index in [0.717, 1.165) is 5.56 Å². The number of rotatable bonds is 6. The third-order valence-electron chi connectivity index (χ3n) is 2.36. The molecular formula is C12H15ClN2O3. The Labute approximate surface area is 110 Å². The van der Waals surface area contributed by atoms with Crippen LogP contribution in [0.25, 0.3) is 0 Å². The van der Waals surface area contributed by atoms with Gasteiger partial charge < -0.3 is 16.2 Å². The van der Waals surface area contributed by atoms with Crippen LogP contribution in [0.1, 0.15) is 12.0 Å². The molecule has 0 fully saturated rings. The van der Waals surface area contributed by atoms with Gasteiger partial charge in [-0.15, -0.1) is 0 Å². The van der Waals surface area contributed by atoms with Crippen molar-refractivity contribution in [2.24, 2.45) is 5.73 Å². The molecule has 0 aliphatic heterocycles. The largest absolute Gasteiger partial charge is 0.481 e. The number of hydrogen-bond donors (Lipinski definition) is 3. The number of carbonyl (C=O) groups excluding carboxylic acids is 1. The molecule has 1 unspecified atom stereocenters. The summed E-state index contributed by atoms with van der Waals surface area (Å²) < 4.78 is 0. The van der Waals surface area contributed by atoms with E-state index in [1.807, 2.05) is 12.1 Å². The van der Waals surface area contributed by atoms with E-state index in [-0.39, 0.29) is 6.42 Å². The normalized spacial score (nSPS) is 11.9. The summed E-state index contributed by atoms with van der Waals surface area (Å²) in [5.41, 5.74) is 6.44. The van der Waals surface area contributed by atoms with Gasteiger partial charge in [0.25, 0.3) is 0 Å². The van der Waals surface area contributed by atoms with E-state index in [4.69, 9.17) is 22.4 Å². The smallest absolute Gasteiger partial charge is 0.305 e. The van der Waals surface area contributed by atoms with E-state index >= 15 is 0 Å². The van der Waals surface area contributed by atoms with Crippen LogP contribution in [0.3, 0.4) is 0 Å². The first-order chi connectivity index (χ1) is 8.49. The number of benzene rings is 1. The lowest BCUT2D eigenvalue weighted by atomic mass is 10.1. The molecule has 0 aromatic heterocycles. The fourth-order valence-corrected chi connectivity index (χ4v) is 1.52. The molecule has 1 rings (SSSR count). The standard InChI is InChI=1S/C12H15ClN2O3/c13-9-3-1-8(2-4-9)5-6-15-12(18)10(14)7-11(16)17/h1-4,10H,5-7,14H2,(H,15,18)(H,16,17). The second-order valence-corrected chi connectivity index (χ2v) is 4.31. The zero-order chi connectivity index (χ0) is 13.5. The van der Waals surface area contributed by atoms with Crippen LogP contribution in [-0.2, 0) is 16.0 Å². The predicted octanol–water partition coefficient (Wildman–Crippen LogP) is 0.801. The van der Waals surface area contributed by atoms with E-state index in [9.17, 15) is 9.59 Å². The number of amides is 1. The van der Waals surface area contributed by atoms with Crippen LogP contribution in [0, 0.1) is 0 Å². The zero-order valence-electron chi connectivity index (χ0n) is 9.73. The Bertz CT molecular complexity index is 420. The first kappa shape index (κ1) is 14.5. The molecule has 1 aromatic carbocycles. The molecular weight excluding hydrogens is 256 g/mol. The molecule has 0 aliphatic rings. The third kappa shape index (κ3) is 5.16. The van der Waals surface area contributed by atoms with E-state index < -0.39 is 17.9 Å². The molecule has 4 N–H and O–H groups in total. The molecule has 1 atom stereocenters. The van der Waals surface area contributed by atoms with Gasteiger partial charge in [-0.05, 0) is 24.1 Å². The Balaban J connectivity index is 2.31. The van der Waals surface area contributed by atoms with Crippen molar-refractivity contribution in [3.05, 3.63) is 34.9 Å². The topological polar surface area (TPSA) is 92.4 Å². The molecule has 0 bridgehead atoms. The predicted molar refractivity (Wildman–Crippen MR) is 68.4 cm³/mol. The van der Waals surface area contributed by atoms with Gasteiger partial charge >= 0.3 is 5.97 Å². The number of aliphatic carboxylic acids is 1. The van der Waals surface area contributed by atoms with Crippen LogP contribution in [0.4, 0.5) is 0 Å². The highest BCUT2D eigenvalue weighted by molar-refractivity contribution is 6.30. The summed E-state index contributed by atoms with van der Waals surface area (Å²) in [7, 11) is 0. The van der Waals surface area contributed by atoms with Gasteiger partial charge in [-0.1, -0.05) is 23.7 Å². The van der Waals surface area contributed by atoms with Crippen molar-refractivity contribution >= 4 is 23.5 Å². The monoisotopic (exact) mass is 270 g/mol. The van der Waals surface area contributed by atoms with Gasteiger partial charge in [0, 0.05) is 11.6 Å². The molecule has 5 nitrogen and oxygen atoms in total. The van der Waals surface area contributed by atoms with Crippen molar-refractivity contribution in [2.75, 3.05) is 6.54 Å². The van der Waals surface area contributed by atoms with Crippen LogP contribution in [0.2, 0.25) is 5.02 Å². The van der Waals surface area contributed by atoms with Crippen molar-refractivity contribution in [3.63, 3.8) is 0 Å². The Hall–Kier alpha value is -1.59. The maximum absolute atomic E-state index is 11.4. The first-order valence-electron chi connectivity index (χ1n) is 5.48. The Kier molecular flexibility index (Phi) is 5.61. The van der Waals surface area contributed by atoms with Gasteiger partial charge in [0.15, 0.2) is 0 Å². The van der Waals surface area contributed by atoms with Crippen molar-refractivity contribution < 1.29 is 14.7 Å². The summed E-state index contributed by atoms with van der Waals surface area (Å²) in [6, 6.07) is 6.27. The highest BCUT2D eigenvalue weighted by Crippen LogP contribution is 2.09. The van der Waals surface area contributed by atoms with Gasteiger partial charge in [0.2, 0.25) is 5.91 Å². The molecule has 0 saturated carbocycles. The first-order valence-corrected chi connectivity index (χ1v) is 5.86. The molecule has 98 valence electrons. The highest BCUT2D eigenvalue weighted by Gasteiger charge is 2.16. The lowest BCUT2D eigenvalue weighted by molar-refractivity contribution is -0.139. The lowest BCUT2D eigenvalue weighted by Crippen LogP contribution is -2.42. The number of carbonyl (C=O) groups is 2. The summed E-state index contributed by atoms with van der Waals surface area (Å²) in [5.74, 6) is -1.54. The minimum absolute atomic E-state index is 0.368. The van der Waals surface area contributed by atoms with Crippen LogP contribution < -0.4 is 11.1 Å². The second kappa shape index (κ2) is 6.98. The number of halogens is 1. The summed E-state index contributed by atoms with van der Waals surface area (Å²) in [5, 5.41) is 11.7. The van der Waals surface area contributed by atoms with E-state index in [0.29, 0.717) is 18.0 Å². The summed E-state index contributed by atoms with van der Waals surface area (Å²) >= 11 is 5.74. The molecule has 0 aliphatic carbocycles. The van der Waals surface area contributed by atoms with E-state index in [1.54, 1.807) is 12.1 Å². The van der Waals surface area contributed by atoms with Crippen molar-refractivity contribution in [1.29, 1.82) is 0 Å². The Morgan fingerprint density at radius 3 is 2.50 bits per heavy atom. The van der Waals surface area contributed by atoms with Gasteiger partial charge in [0.05, 0.1) is 12.5 Å². The van der Waals surface area contributed by atoms with Gasteiger partial charge in [-0.2, -0.15) is 0 Å². The van der Waals surface area contributed by atoms with Crippen LogP contribution >= 0.6 is 11.6 Å². The van der Waals surface area contributed by atoms with Gasteiger partial charge in [0.1, 0.15) is 0 Å². The number of nitrogens with one attached hydrogen (secondary N) is 1. The average Bonchev–Trinajstić information content (AvgIpc) is 2.30. The number of carboxylic acid groups (broad SMARTS) is 1. The summed E-state index contributed by atoms with van der Waals surface area (Å²) in [6.45, 7) is 0.411. The van der Waals surface area contributed by atoms with Crippen molar-refractivity contribution in [1.82, 2.24) is 5.32 Å².